The Labute approximate surface area is 105 Å². The fourth-order valence-corrected chi connectivity index (χ4v) is 2.71. The zero-order valence-corrected chi connectivity index (χ0v) is 11.3. The standard InChI is InChI=1S/C12H24N2O.ClH/c1-3-14-6-4-5-11(14)7-12-13-8-10(2)9-15-12;/h10-13H,3-9H2,1-2H3;1H. The Balaban J connectivity index is 0.00000128. The van der Waals surface area contributed by atoms with Crippen molar-refractivity contribution in [3.8, 4) is 0 Å². The van der Waals surface area contributed by atoms with Gasteiger partial charge in [0.1, 0.15) is 6.23 Å². The van der Waals surface area contributed by atoms with E-state index in [1.165, 1.54) is 32.4 Å². The summed E-state index contributed by atoms with van der Waals surface area (Å²) in [4.78, 5) is 2.59. The van der Waals surface area contributed by atoms with E-state index in [9.17, 15) is 0 Å². The molecule has 0 bridgehead atoms. The van der Waals surface area contributed by atoms with Gasteiger partial charge in [0.05, 0.1) is 6.61 Å². The van der Waals surface area contributed by atoms with Gasteiger partial charge in [-0.3, -0.25) is 5.32 Å². The Kier molecular flexibility index (Phi) is 6.05. The number of halogens is 1. The van der Waals surface area contributed by atoms with Crippen LogP contribution in [-0.2, 0) is 4.74 Å². The van der Waals surface area contributed by atoms with E-state index in [-0.39, 0.29) is 12.4 Å². The molecular formula is C12H25ClN2O. The van der Waals surface area contributed by atoms with Gasteiger partial charge < -0.3 is 9.64 Å². The first-order valence-corrected chi connectivity index (χ1v) is 6.38. The lowest BCUT2D eigenvalue weighted by Gasteiger charge is -2.32. The Morgan fingerprint density at radius 1 is 1.44 bits per heavy atom. The summed E-state index contributed by atoms with van der Waals surface area (Å²) in [5, 5.41) is 3.49. The third-order valence-electron chi connectivity index (χ3n) is 3.67. The molecule has 2 rings (SSSR count). The smallest absolute Gasteiger partial charge is 0.109 e. The summed E-state index contributed by atoms with van der Waals surface area (Å²) in [5.74, 6) is 0.673. The molecule has 4 heteroatoms. The van der Waals surface area contributed by atoms with Crippen molar-refractivity contribution in [2.75, 3.05) is 26.2 Å². The number of ether oxygens (including phenoxy) is 1. The largest absolute Gasteiger partial charge is 0.363 e. The van der Waals surface area contributed by atoms with Crippen LogP contribution in [0.1, 0.15) is 33.1 Å². The molecule has 0 aromatic rings. The summed E-state index contributed by atoms with van der Waals surface area (Å²) in [6, 6.07) is 0.751. The molecule has 16 heavy (non-hydrogen) atoms. The molecule has 0 radical (unpaired) electrons. The van der Waals surface area contributed by atoms with E-state index in [0.717, 1.165) is 19.2 Å². The first-order chi connectivity index (χ1) is 7.29. The normalized spacial score (nSPS) is 36.0. The van der Waals surface area contributed by atoms with Crippen LogP contribution in [-0.4, -0.2) is 43.4 Å². The Hall–Kier alpha value is 0.170. The molecule has 96 valence electrons. The monoisotopic (exact) mass is 248 g/mol. The van der Waals surface area contributed by atoms with Gasteiger partial charge in [0.2, 0.25) is 0 Å². The highest BCUT2D eigenvalue weighted by Crippen LogP contribution is 2.22. The molecule has 0 saturated carbocycles. The van der Waals surface area contributed by atoms with Crippen LogP contribution in [0.3, 0.4) is 0 Å². The topological polar surface area (TPSA) is 24.5 Å². The van der Waals surface area contributed by atoms with Gasteiger partial charge in [-0.25, -0.2) is 0 Å². The fourth-order valence-electron chi connectivity index (χ4n) is 2.71. The molecule has 0 aromatic carbocycles. The summed E-state index contributed by atoms with van der Waals surface area (Å²) in [6.07, 6.45) is 4.19. The van der Waals surface area contributed by atoms with Gasteiger partial charge in [-0.1, -0.05) is 13.8 Å². The molecule has 2 aliphatic rings. The molecule has 0 aromatic heterocycles. The van der Waals surface area contributed by atoms with E-state index in [1.807, 2.05) is 0 Å². The summed E-state index contributed by atoms with van der Waals surface area (Å²) >= 11 is 0. The Bertz CT molecular complexity index is 195. The van der Waals surface area contributed by atoms with E-state index in [0.29, 0.717) is 12.1 Å². The number of rotatable bonds is 3. The molecule has 3 unspecified atom stereocenters. The van der Waals surface area contributed by atoms with Gasteiger partial charge in [-0.2, -0.15) is 0 Å². The van der Waals surface area contributed by atoms with Crippen molar-refractivity contribution in [2.45, 2.75) is 45.4 Å². The van der Waals surface area contributed by atoms with Crippen molar-refractivity contribution in [2.24, 2.45) is 5.92 Å². The van der Waals surface area contributed by atoms with Crippen molar-refractivity contribution in [3.63, 3.8) is 0 Å². The molecule has 3 atom stereocenters. The second kappa shape index (κ2) is 6.80. The van der Waals surface area contributed by atoms with E-state index >= 15 is 0 Å². The fraction of sp³-hybridized carbons (Fsp3) is 1.00. The lowest BCUT2D eigenvalue weighted by atomic mass is 10.1. The van der Waals surface area contributed by atoms with Crippen molar-refractivity contribution in [1.29, 1.82) is 0 Å². The highest BCUT2D eigenvalue weighted by molar-refractivity contribution is 5.85. The highest BCUT2D eigenvalue weighted by Gasteiger charge is 2.27. The lowest BCUT2D eigenvalue weighted by molar-refractivity contribution is -0.0381. The maximum atomic E-state index is 5.81. The minimum Gasteiger partial charge on any atom is -0.363 e. The Morgan fingerprint density at radius 3 is 2.88 bits per heavy atom. The second-order valence-electron chi connectivity index (χ2n) is 5.00. The molecule has 2 aliphatic heterocycles. The molecule has 2 fully saturated rings. The first kappa shape index (κ1) is 14.2. The van der Waals surface area contributed by atoms with Gasteiger partial charge in [-0.05, 0) is 31.8 Å². The number of nitrogens with one attached hydrogen (secondary N) is 1. The first-order valence-electron chi connectivity index (χ1n) is 6.38. The maximum Gasteiger partial charge on any atom is 0.109 e. The van der Waals surface area contributed by atoms with Gasteiger partial charge in [0, 0.05) is 19.0 Å². The summed E-state index contributed by atoms with van der Waals surface area (Å²) in [5.41, 5.74) is 0. The minimum absolute atomic E-state index is 0. The summed E-state index contributed by atoms with van der Waals surface area (Å²) in [6.45, 7) is 9.00. The number of hydrogen-bond donors (Lipinski definition) is 1. The van der Waals surface area contributed by atoms with E-state index in [2.05, 4.69) is 24.1 Å². The van der Waals surface area contributed by atoms with Crippen LogP contribution in [0.25, 0.3) is 0 Å². The molecule has 0 amide bonds. The van der Waals surface area contributed by atoms with Crippen molar-refractivity contribution in [1.82, 2.24) is 10.2 Å². The van der Waals surface area contributed by atoms with Crippen molar-refractivity contribution < 1.29 is 4.74 Å². The Morgan fingerprint density at radius 2 is 2.25 bits per heavy atom. The van der Waals surface area contributed by atoms with Crippen LogP contribution in [0.15, 0.2) is 0 Å². The van der Waals surface area contributed by atoms with Crippen LogP contribution in [0.2, 0.25) is 0 Å². The quantitative estimate of drug-likeness (QED) is 0.825. The highest BCUT2D eigenvalue weighted by atomic mass is 35.5. The van der Waals surface area contributed by atoms with Crippen molar-refractivity contribution >= 4 is 12.4 Å². The van der Waals surface area contributed by atoms with E-state index < -0.39 is 0 Å². The van der Waals surface area contributed by atoms with Crippen molar-refractivity contribution in [3.05, 3.63) is 0 Å². The van der Waals surface area contributed by atoms with Gasteiger partial charge in [0.15, 0.2) is 0 Å². The zero-order chi connectivity index (χ0) is 10.7. The van der Waals surface area contributed by atoms with Gasteiger partial charge in [0.25, 0.3) is 0 Å². The average Bonchev–Trinajstić information content (AvgIpc) is 2.69. The molecule has 0 aliphatic carbocycles. The lowest BCUT2D eigenvalue weighted by Crippen LogP contribution is -2.46. The molecule has 2 saturated heterocycles. The van der Waals surface area contributed by atoms with Crippen LogP contribution in [0.5, 0.6) is 0 Å². The predicted octanol–water partition coefficient (Wildman–Crippen LogP) is 1.86. The van der Waals surface area contributed by atoms with Crippen LogP contribution in [0, 0.1) is 5.92 Å². The molecule has 0 spiro atoms. The SMILES string of the molecule is CCN1CCCC1CC1NCC(C)CO1.Cl. The number of likely N-dealkylation sites (tertiary alicyclic amines) is 1. The zero-order valence-electron chi connectivity index (χ0n) is 10.4. The molecule has 2 heterocycles. The molecule has 3 nitrogen and oxygen atoms in total. The average molecular weight is 249 g/mol. The minimum atomic E-state index is 0. The third kappa shape index (κ3) is 3.59. The number of nitrogens with zero attached hydrogens (tertiary/aromatic N) is 1. The molecular weight excluding hydrogens is 224 g/mol. The number of hydrogen-bond acceptors (Lipinski definition) is 3. The summed E-state index contributed by atoms with van der Waals surface area (Å²) in [7, 11) is 0. The van der Waals surface area contributed by atoms with Crippen LogP contribution >= 0.6 is 12.4 Å². The maximum absolute atomic E-state index is 5.81. The third-order valence-corrected chi connectivity index (χ3v) is 3.67. The van der Waals surface area contributed by atoms with E-state index in [4.69, 9.17) is 4.74 Å². The van der Waals surface area contributed by atoms with Gasteiger partial charge >= 0.3 is 0 Å². The predicted molar refractivity (Wildman–Crippen MR) is 69.0 cm³/mol. The van der Waals surface area contributed by atoms with Crippen LogP contribution in [0.4, 0.5) is 0 Å². The summed E-state index contributed by atoms with van der Waals surface area (Å²) < 4.78 is 5.81. The van der Waals surface area contributed by atoms with E-state index in [1.54, 1.807) is 0 Å². The second-order valence-corrected chi connectivity index (χ2v) is 5.00. The van der Waals surface area contributed by atoms with Gasteiger partial charge in [-0.15, -0.1) is 12.4 Å². The van der Waals surface area contributed by atoms with Crippen LogP contribution < -0.4 is 5.32 Å². The molecule has 1 N–H and O–H groups in total.